The molecule has 0 bridgehead atoms. The maximum atomic E-state index is 5.45. The number of aryl methyl sites for hydroxylation is 1. The van der Waals surface area contributed by atoms with Crippen LogP contribution in [0.3, 0.4) is 0 Å². The van der Waals surface area contributed by atoms with Crippen LogP contribution in [0.4, 0.5) is 0 Å². The van der Waals surface area contributed by atoms with Crippen LogP contribution in [0.5, 0.6) is 0 Å². The van der Waals surface area contributed by atoms with E-state index < -0.39 is 0 Å². The van der Waals surface area contributed by atoms with Gasteiger partial charge in [-0.25, -0.2) is 4.98 Å². The van der Waals surface area contributed by atoms with E-state index in [0.717, 1.165) is 32.7 Å². The molecule has 0 amide bonds. The van der Waals surface area contributed by atoms with Gasteiger partial charge < -0.3 is 19.4 Å². The second-order valence-corrected chi connectivity index (χ2v) is 4.32. The zero-order valence-corrected chi connectivity index (χ0v) is 10.2. The molecule has 1 aromatic heterocycles. The minimum atomic E-state index is 0.331. The van der Waals surface area contributed by atoms with E-state index >= 15 is 0 Å². The number of nitrogens with zero attached hydrogens (tertiary/aromatic N) is 2. The van der Waals surface area contributed by atoms with Gasteiger partial charge in [0.1, 0.15) is 6.79 Å². The summed E-state index contributed by atoms with van der Waals surface area (Å²) in [5.74, 6) is 0. The lowest BCUT2D eigenvalue weighted by Crippen LogP contribution is -2.34. The van der Waals surface area contributed by atoms with Gasteiger partial charge in [0.2, 0.25) is 0 Å². The fourth-order valence-corrected chi connectivity index (χ4v) is 1.89. The van der Waals surface area contributed by atoms with Crippen molar-refractivity contribution in [2.45, 2.75) is 31.9 Å². The predicted molar refractivity (Wildman–Crippen MR) is 64.6 cm³/mol. The molecule has 1 aromatic rings. The van der Waals surface area contributed by atoms with Crippen molar-refractivity contribution in [1.82, 2.24) is 14.9 Å². The largest absolute Gasteiger partial charge is 0.355 e. The molecule has 1 unspecified atom stereocenters. The molecule has 0 aromatic carbocycles. The Balaban J connectivity index is 1.43. The van der Waals surface area contributed by atoms with E-state index in [1.807, 2.05) is 18.7 Å². The molecule has 96 valence electrons. The summed E-state index contributed by atoms with van der Waals surface area (Å²) < 4.78 is 12.7. The summed E-state index contributed by atoms with van der Waals surface area (Å²) in [6.07, 6.45) is 9.38. The Morgan fingerprint density at radius 2 is 2.41 bits per heavy atom. The third-order valence-corrected chi connectivity index (χ3v) is 2.92. The molecule has 1 aliphatic heterocycles. The lowest BCUT2D eigenvalue weighted by atomic mass is 10.2. The van der Waals surface area contributed by atoms with Crippen LogP contribution in [0.2, 0.25) is 0 Å². The van der Waals surface area contributed by atoms with Crippen LogP contribution < -0.4 is 5.32 Å². The van der Waals surface area contributed by atoms with Gasteiger partial charge in [0.05, 0.1) is 19.0 Å². The van der Waals surface area contributed by atoms with Crippen LogP contribution >= 0.6 is 0 Å². The van der Waals surface area contributed by atoms with Gasteiger partial charge in [0.25, 0.3) is 0 Å². The molecule has 0 aliphatic carbocycles. The minimum Gasteiger partial charge on any atom is -0.355 e. The Bertz CT molecular complexity index is 284. The summed E-state index contributed by atoms with van der Waals surface area (Å²) in [5, 5.41) is 3.43. The van der Waals surface area contributed by atoms with Crippen molar-refractivity contribution in [2.24, 2.45) is 0 Å². The van der Waals surface area contributed by atoms with Gasteiger partial charge in [-0.05, 0) is 25.8 Å². The van der Waals surface area contributed by atoms with Crippen molar-refractivity contribution in [2.75, 3.05) is 26.5 Å². The van der Waals surface area contributed by atoms with E-state index in [1.165, 1.54) is 12.8 Å². The summed E-state index contributed by atoms with van der Waals surface area (Å²) in [5.41, 5.74) is 0. The third kappa shape index (κ3) is 4.85. The van der Waals surface area contributed by atoms with Gasteiger partial charge in [-0.2, -0.15) is 0 Å². The van der Waals surface area contributed by atoms with Gasteiger partial charge in [-0.15, -0.1) is 0 Å². The zero-order chi connectivity index (χ0) is 11.8. The Labute approximate surface area is 102 Å². The first-order valence-corrected chi connectivity index (χ1v) is 6.31. The lowest BCUT2D eigenvalue weighted by molar-refractivity contribution is -0.137. The lowest BCUT2D eigenvalue weighted by Gasteiger charge is -2.22. The number of imidazole rings is 1. The SMILES string of the molecule is c1cn(CCCCNCC2CCOCO2)cn1. The van der Waals surface area contributed by atoms with E-state index in [-0.39, 0.29) is 0 Å². The number of hydrogen-bond donors (Lipinski definition) is 1. The highest BCUT2D eigenvalue weighted by Gasteiger charge is 2.12. The number of unbranched alkanes of at least 4 members (excludes halogenated alkanes) is 1. The molecule has 0 radical (unpaired) electrons. The summed E-state index contributed by atoms with van der Waals surface area (Å²) in [4.78, 5) is 4.02. The molecule has 0 saturated carbocycles. The monoisotopic (exact) mass is 239 g/mol. The standard InChI is InChI=1S/C12H21N3O2/c1(2-6-15-7-5-14-10-15)4-13-9-12-3-8-16-11-17-12/h5,7,10,12-13H,1-4,6,8-9,11H2. The highest BCUT2D eigenvalue weighted by Crippen LogP contribution is 2.04. The van der Waals surface area contributed by atoms with E-state index in [0.29, 0.717) is 12.9 Å². The molecule has 5 heteroatoms. The van der Waals surface area contributed by atoms with Gasteiger partial charge in [0.15, 0.2) is 0 Å². The van der Waals surface area contributed by atoms with Crippen LogP contribution in [-0.2, 0) is 16.0 Å². The number of nitrogens with one attached hydrogen (secondary N) is 1. The molecule has 2 rings (SSSR count). The Morgan fingerprint density at radius 1 is 1.41 bits per heavy atom. The fraction of sp³-hybridized carbons (Fsp3) is 0.750. The average Bonchev–Trinajstić information content (AvgIpc) is 2.88. The Hall–Kier alpha value is -0.910. The van der Waals surface area contributed by atoms with E-state index in [1.54, 1.807) is 0 Å². The normalized spacial score (nSPS) is 20.6. The van der Waals surface area contributed by atoms with Crippen molar-refractivity contribution in [1.29, 1.82) is 0 Å². The number of aromatic nitrogens is 2. The van der Waals surface area contributed by atoms with Crippen molar-refractivity contribution in [3.8, 4) is 0 Å². The summed E-state index contributed by atoms with van der Waals surface area (Å²) in [7, 11) is 0. The van der Waals surface area contributed by atoms with Gasteiger partial charge >= 0.3 is 0 Å². The third-order valence-electron chi connectivity index (χ3n) is 2.92. The highest BCUT2D eigenvalue weighted by atomic mass is 16.7. The minimum absolute atomic E-state index is 0.331. The van der Waals surface area contributed by atoms with Crippen molar-refractivity contribution >= 4 is 0 Å². The molecule has 1 saturated heterocycles. The molecular formula is C12H21N3O2. The molecule has 0 spiro atoms. The average molecular weight is 239 g/mol. The number of rotatable bonds is 7. The predicted octanol–water partition coefficient (Wildman–Crippen LogP) is 1.02. The Kier molecular flexibility index (Phi) is 5.48. The first-order valence-electron chi connectivity index (χ1n) is 6.31. The van der Waals surface area contributed by atoms with Crippen LogP contribution in [-0.4, -0.2) is 42.1 Å². The van der Waals surface area contributed by atoms with E-state index in [4.69, 9.17) is 9.47 Å². The Morgan fingerprint density at radius 3 is 3.18 bits per heavy atom. The van der Waals surface area contributed by atoms with Gasteiger partial charge in [0, 0.05) is 25.5 Å². The second-order valence-electron chi connectivity index (χ2n) is 4.32. The molecule has 2 heterocycles. The van der Waals surface area contributed by atoms with Crippen molar-refractivity contribution < 1.29 is 9.47 Å². The second kappa shape index (κ2) is 7.42. The summed E-state index contributed by atoms with van der Waals surface area (Å²) in [6, 6.07) is 0. The number of ether oxygens (including phenoxy) is 2. The van der Waals surface area contributed by atoms with Crippen molar-refractivity contribution in [3.63, 3.8) is 0 Å². The van der Waals surface area contributed by atoms with E-state index in [2.05, 4.69) is 14.9 Å². The summed E-state index contributed by atoms with van der Waals surface area (Å²) >= 11 is 0. The van der Waals surface area contributed by atoms with Crippen LogP contribution in [0.25, 0.3) is 0 Å². The molecule has 1 fully saturated rings. The van der Waals surface area contributed by atoms with E-state index in [9.17, 15) is 0 Å². The van der Waals surface area contributed by atoms with Crippen LogP contribution in [0.15, 0.2) is 18.7 Å². The molecule has 1 aliphatic rings. The van der Waals surface area contributed by atoms with Crippen LogP contribution in [0, 0.1) is 0 Å². The molecular weight excluding hydrogens is 218 g/mol. The molecule has 17 heavy (non-hydrogen) atoms. The van der Waals surface area contributed by atoms with Crippen molar-refractivity contribution in [3.05, 3.63) is 18.7 Å². The first-order chi connectivity index (χ1) is 8.45. The smallest absolute Gasteiger partial charge is 0.147 e. The maximum Gasteiger partial charge on any atom is 0.147 e. The first kappa shape index (κ1) is 12.5. The molecule has 5 nitrogen and oxygen atoms in total. The highest BCUT2D eigenvalue weighted by molar-refractivity contribution is 4.73. The molecule has 1 N–H and O–H groups in total. The molecule has 1 atom stereocenters. The quantitative estimate of drug-likeness (QED) is 0.722. The fourth-order valence-electron chi connectivity index (χ4n) is 1.89. The number of hydrogen-bond acceptors (Lipinski definition) is 4. The van der Waals surface area contributed by atoms with Gasteiger partial charge in [-0.3, -0.25) is 0 Å². The maximum absolute atomic E-state index is 5.45. The zero-order valence-electron chi connectivity index (χ0n) is 10.2. The van der Waals surface area contributed by atoms with Gasteiger partial charge in [-0.1, -0.05) is 0 Å². The topological polar surface area (TPSA) is 48.3 Å². The van der Waals surface area contributed by atoms with Crippen LogP contribution in [0.1, 0.15) is 19.3 Å². The summed E-state index contributed by atoms with van der Waals surface area (Å²) in [6.45, 7) is 4.32.